The van der Waals surface area contributed by atoms with Gasteiger partial charge in [0.2, 0.25) is 11.8 Å². The van der Waals surface area contributed by atoms with E-state index >= 15 is 0 Å². The number of carbonyl (C=O) groups excluding carboxylic acids is 2. The fraction of sp³-hybridized carbons (Fsp3) is 0.714. The lowest BCUT2D eigenvalue weighted by Gasteiger charge is -2.27. The molecular formula is C7H13NO5Si. The van der Waals surface area contributed by atoms with Crippen LogP contribution in [0.2, 0.25) is 5.54 Å². The zero-order valence-corrected chi connectivity index (χ0v) is 9.33. The van der Waals surface area contributed by atoms with Crippen LogP contribution in [0.4, 0.5) is 0 Å². The lowest BCUT2D eigenvalue weighted by atomic mass is 10.3. The van der Waals surface area contributed by atoms with Gasteiger partial charge in [0.05, 0.1) is 0 Å². The minimum absolute atomic E-state index is 0.0700. The van der Waals surface area contributed by atoms with E-state index in [0.29, 0.717) is 0 Å². The first-order valence-corrected chi connectivity index (χ1v) is 5.89. The third kappa shape index (κ3) is 1.71. The topological polar surface area (TPSA) is 73.9 Å². The molecule has 80 valence electrons. The summed E-state index contributed by atoms with van der Waals surface area (Å²) in [5.41, 5.74) is -0.630. The minimum Gasteiger partial charge on any atom is -0.376 e. The van der Waals surface area contributed by atoms with E-state index in [9.17, 15) is 9.59 Å². The van der Waals surface area contributed by atoms with Crippen molar-refractivity contribution in [3.8, 4) is 0 Å². The molecule has 1 heterocycles. The van der Waals surface area contributed by atoms with Gasteiger partial charge >= 0.3 is 8.80 Å². The van der Waals surface area contributed by atoms with Gasteiger partial charge in [-0.2, -0.15) is 0 Å². The van der Waals surface area contributed by atoms with Crippen LogP contribution in [0.15, 0.2) is 0 Å². The van der Waals surface area contributed by atoms with Crippen molar-refractivity contribution < 1.29 is 22.9 Å². The molecule has 0 aromatic heterocycles. The van der Waals surface area contributed by atoms with E-state index in [1.165, 1.54) is 21.3 Å². The van der Waals surface area contributed by atoms with Crippen LogP contribution in [-0.4, -0.2) is 41.9 Å². The SMILES string of the molecule is CO[Si](OC)(OC)C1CC(=O)NC1=O. The zero-order valence-electron chi connectivity index (χ0n) is 8.33. The number of nitrogens with one attached hydrogen (secondary N) is 1. The number of rotatable bonds is 4. The van der Waals surface area contributed by atoms with E-state index < -0.39 is 14.3 Å². The molecule has 0 aliphatic carbocycles. The minimum atomic E-state index is -3.02. The molecule has 1 aliphatic rings. The lowest BCUT2D eigenvalue weighted by Crippen LogP contribution is -2.50. The van der Waals surface area contributed by atoms with Crippen LogP contribution >= 0.6 is 0 Å². The highest BCUT2D eigenvalue weighted by atomic mass is 28.4. The predicted octanol–water partition coefficient (Wildman–Crippen LogP) is -0.719. The van der Waals surface area contributed by atoms with Crippen molar-refractivity contribution >= 4 is 20.6 Å². The van der Waals surface area contributed by atoms with Gasteiger partial charge in [-0.25, -0.2) is 0 Å². The normalized spacial score (nSPS) is 22.6. The number of hydrogen-bond acceptors (Lipinski definition) is 5. The van der Waals surface area contributed by atoms with Crippen molar-refractivity contribution in [3.05, 3.63) is 0 Å². The summed E-state index contributed by atoms with van der Waals surface area (Å²) in [7, 11) is 1.21. The Hall–Kier alpha value is -0.763. The first kappa shape index (κ1) is 11.3. The quantitative estimate of drug-likeness (QED) is 0.499. The van der Waals surface area contributed by atoms with E-state index in [4.69, 9.17) is 13.3 Å². The first-order valence-electron chi connectivity index (χ1n) is 4.08. The first-order chi connectivity index (χ1) is 6.59. The van der Waals surface area contributed by atoms with Crippen molar-refractivity contribution in [2.45, 2.75) is 12.0 Å². The van der Waals surface area contributed by atoms with Crippen molar-refractivity contribution in [1.29, 1.82) is 0 Å². The van der Waals surface area contributed by atoms with Gasteiger partial charge in [0.15, 0.2) is 0 Å². The maximum Gasteiger partial charge on any atom is 0.513 e. The Morgan fingerprint density at radius 2 is 1.71 bits per heavy atom. The average Bonchev–Trinajstić information content (AvgIpc) is 2.51. The van der Waals surface area contributed by atoms with E-state index in [1.807, 2.05) is 0 Å². The molecule has 7 heteroatoms. The largest absolute Gasteiger partial charge is 0.513 e. The molecule has 6 nitrogen and oxygen atoms in total. The summed E-state index contributed by atoms with van der Waals surface area (Å²) in [6, 6.07) is 0. The fourth-order valence-electron chi connectivity index (χ4n) is 1.52. The number of hydrogen-bond donors (Lipinski definition) is 1. The molecule has 1 fully saturated rings. The Labute approximate surface area is 82.9 Å². The van der Waals surface area contributed by atoms with Crippen LogP contribution in [0.1, 0.15) is 6.42 Å². The standard InChI is InChI=1S/C7H13NO5Si/c1-11-14(12-2,13-3)5-4-6(9)8-7(5)10/h5H,4H2,1-3H3,(H,8,9,10). The summed E-state index contributed by atoms with van der Waals surface area (Å²) in [6.07, 6.45) is 0.0700. The molecule has 1 rings (SSSR count). The molecule has 14 heavy (non-hydrogen) atoms. The van der Waals surface area contributed by atoms with Gasteiger partial charge in [0.25, 0.3) is 0 Å². The van der Waals surface area contributed by atoms with Crippen molar-refractivity contribution in [2.24, 2.45) is 0 Å². The summed E-state index contributed by atoms with van der Waals surface area (Å²) >= 11 is 0. The summed E-state index contributed by atoms with van der Waals surface area (Å²) in [5.74, 6) is -0.699. The van der Waals surface area contributed by atoms with Crippen molar-refractivity contribution in [1.82, 2.24) is 5.32 Å². The van der Waals surface area contributed by atoms with Gasteiger partial charge in [0.1, 0.15) is 5.54 Å². The van der Waals surface area contributed by atoms with Crippen LogP contribution in [0.3, 0.4) is 0 Å². The maximum absolute atomic E-state index is 11.4. The Morgan fingerprint density at radius 3 is 2.00 bits per heavy atom. The Kier molecular flexibility index (Phi) is 3.37. The van der Waals surface area contributed by atoms with E-state index in [2.05, 4.69) is 5.32 Å². The maximum atomic E-state index is 11.4. The van der Waals surface area contributed by atoms with Gasteiger partial charge in [0, 0.05) is 27.8 Å². The molecule has 1 aliphatic heterocycles. The molecule has 1 unspecified atom stereocenters. The second-order valence-corrected chi connectivity index (χ2v) is 6.01. The molecule has 2 amide bonds. The van der Waals surface area contributed by atoms with Gasteiger partial charge in [-0.3, -0.25) is 14.9 Å². The van der Waals surface area contributed by atoms with E-state index in [1.54, 1.807) is 0 Å². The molecule has 0 bridgehead atoms. The second-order valence-electron chi connectivity index (χ2n) is 2.89. The Bertz CT molecular complexity index is 244. The molecule has 0 aromatic carbocycles. The predicted molar refractivity (Wildman–Crippen MR) is 48.3 cm³/mol. The lowest BCUT2D eigenvalue weighted by molar-refractivity contribution is -0.125. The number of imide groups is 1. The monoisotopic (exact) mass is 219 g/mol. The van der Waals surface area contributed by atoms with Crippen LogP contribution < -0.4 is 5.32 Å². The van der Waals surface area contributed by atoms with Crippen molar-refractivity contribution in [2.75, 3.05) is 21.3 Å². The Morgan fingerprint density at radius 1 is 1.21 bits per heavy atom. The third-order valence-electron chi connectivity index (χ3n) is 2.25. The van der Waals surface area contributed by atoms with Crippen LogP contribution in [0, 0.1) is 0 Å². The zero-order chi connectivity index (χ0) is 10.8. The van der Waals surface area contributed by atoms with Crippen LogP contribution in [0.25, 0.3) is 0 Å². The molecule has 0 aromatic rings. The fourth-order valence-corrected chi connectivity index (χ4v) is 3.70. The number of carbonyl (C=O) groups is 2. The highest BCUT2D eigenvalue weighted by molar-refractivity contribution is 6.67. The van der Waals surface area contributed by atoms with E-state index in [-0.39, 0.29) is 18.2 Å². The summed E-state index contributed by atoms with van der Waals surface area (Å²) in [5, 5.41) is 2.19. The smallest absolute Gasteiger partial charge is 0.376 e. The van der Waals surface area contributed by atoms with E-state index in [0.717, 1.165) is 0 Å². The highest BCUT2D eigenvalue weighted by Gasteiger charge is 2.55. The summed E-state index contributed by atoms with van der Waals surface area (Å²) < 4.78 is 15.4. The molecule has 0 spiro atoms. The summed E-state index contributed by atoms with van der Waals surface area (Å²) in [6.45, 7) is 0. The molecular weight excluding hydrogens is 206 g/mol. The molecule has 1 N–H and O–H groups in total. The summed E-state index contributed by atoms with van der Waals surface area (Å²) in [4.78, 5) is 22.4. The molecule has 1 atom stereocenters. The molecule has 0 radical (unpaired) electrons. The molecule has 1 saturated heterocycles. The van der Waals surface area contributed by atoms with Gasteiger partial charge < -0.3 is 13.3 Å². The van der Waals surface area contributed by atoms with Crippen LogP contribution in [-0.2, 0) is 22.9 Å². The van der Waals surface area contributed by atoms with Gasteiger partial charge in [-0.1, -0.05) is 0 Å². The van der Waals surface area contributed by atoms with Crippen LogP contribution in [0.5, 0.6) is 0 Å². The van der Waals surface area contributed by atoms with Gasteiger partial charge in [-0.05, 0) is 0 Å². The van der Waals surface area contributed by atoms with Gasteiger partial charge in [-0.15, -0.1) is 0 Å². The molecule has 0 saturated carbocycles. The van der Waals surface area contributed by atoms with Crippen molar-refractivity contribution in [3.63, 3.8) is 0 Å². The Balaban J connectivity index is 2.88. The second kappa shape index (κ2) is 4.18. The third-order valence-corrected chi connectivity index (χ3v) is 5.28. The number of amides is 2. The average molecular weight is 219 g/mol. The highest BCUT2D eigenvalue weighted by Crippen LogP contribution is 2.30.